The van der Waals surface area contributed by atoms with Crippen LogP contribution in [0.1, 0.15) is 18.6 Å². The fraction of sp³-hybridized carbons (Fsp3) is 0.400. The lowest BCUT2D eigenvalue weighted by atomic mass is 10.1. The SMILES string of the molecule is COc1cc(C(C)O[N+](=O)[O-])c([N+](=O)[O-])cc1OC. The van der Waals surface area contributed by atoms with E-state index >= 15 is 0 Å². The molecule has 0 saturated carbocycles. The molecule has 9 heteroatoms. The van der Waals surface area contributed by atoms with Crippen LogP contribution in [-0.4, -0.2) is 24.2 Å². The first-order valence-corrected chi connectivity index (χ1v) is 5.12. The van der Waals surface area contributed by atoms with Gasteiger partial charge in [-0.1, -0.05) is 0 Å². The van der Waals surface area contributed by atoms with Crippen molar-refractivity contribution in [3.63, 3.8) is 0 Å². The fourth-order valence-electron chi connectivity index (χ4n) is 1.55. The molecular formula is C10H12N2O7. The molecule has 0 aliphatic carbocycles. The number of nitro groups is 1. The van der Waals surface area contributed by atoms with Gasteiger partial charge in [0.1, 0.15) is 6.10 Å². The van der Waals surface area contributed by atoms with E-state index in [2.05, 4.69) is 4.84 Å². The summed E-state index contributed by atoms with van der Waals surface area (Å²) in [7, 11) is 2.69. The quantitative estimate of drug-likeness (QED) is 0.573. The lowest BCUT2D eigenvalue weighted by Crippen LogP contribution is -2.09. The van der Waals surface area contributed by atoms with Gasteiger partial charge in [-0.3, -0.25) is 10.1 Å². The van der Waals surface area contributed by atoms with Crippen LogP contribution in [0.5, 0.6) is 11.5 Å². The zero-order chi connectivity index (χ0) is 14.6. The molecule has 9 nitrogen and oxygen atoms in total. The molecule has 19 heavy (non-hydrogen) atoms. The Kier molecular flexibility index (Phi) is 4.46. The molecule has 0 radical (unpaired) electrons. The van der Waals surface area contributed by atoms with E-state index in [1.54, 1.807) is 0 Å². The average molecular weight is 272 g/mol. The number of methoxy groups -OCH3 is 2. The molecule has 0 saturated heterocycles. The van der Waals surface area contributed by atoms with Crippen molar-refractivity contribution >= 4 is 5.69 Å². The van der Waals surface area contributed by atoms with E-state index in [1.807, 2.05) is 0 Å². The minimum atomic E-state index is -1.10. The third kappa shape index (κ3) is 3.21. The normalized spacial score (nSPS) is 11.5. The Morgan fingerprint density at radius 1 is 1.11 bits per heavy atom. The highest BCUT2D eigenvalue weighted by Crippen LogP contribution is 2.38. The van der Waals surface area contributed by atoms with Crippen molar-refractivity contribution in [1.82, 2.24) is 0 Å². The molecule has 0 aliphatic heterocycles. The zero-order valence-electron chi connectivity index (χ0n) is 10.5. The second-order valence-electron chi connectivity index (χ2n) is 3.49. The number of hydrogen-bond donors (Lipinski definition) is 0. The van der Waals surface area contributed by atoms with E-state index < -0.39 is 16.1 Å². The van der Waals surface area contributed by atoms with E-state index in [0.717, 1.165) is 6.07 Å². The molecule has 1 rings (SSSR count). The second-order valence-corrected chi connectivity index (χ2v) is 3.49. The van der Waals surface area contributed by atoms with Crippen LogP contribution < -0.4 is 9.47 Å². The maximum absolute atomic E-state index is 11.0. The molecule has 0 N–H and O–H groups in total. The van der Waals surface area contributed by atoms with Crippen molar-refractivity contribution in [2.75, 3.05) is 14.2 Å². The molecule has 0 heterocycles. The van der Waals surface area contributed by atoms with Crippen LogP contribution in [0.4, 0.5) is 5.69 Å². The average Bonchev–Trinajstić information content (AvgIpc) is 2.35. The Hall–Kier alpha value is -2.58. The summed E-state index contributed by atoms with van der Waals surface area (Å²) >= 11 is 0. The molecule has 0 fully saturated rings. The van der Waals surface area contributed by atoms with Crippen LogP contribution in [0.3, 0.4) is 0 Å². The number of nitrogens with zero attached hydrogens (tertiary/aromatic N) is 2. The van der Waals surface area contributed by atoms with Gasteiger partial charge in [0.25, 0.3) is 10.8 Å². The minimum Gasteiger partial charge on any atom is -0.493 e. The summed E-state index contributed by atoms with van der Waals surface area (Å²) in [4.78, 5) is 24.9. The van der Waals surface area contributed by atoms with Crippen molar-refractivity contribution in [2.45, 2.75) is 13.0 Å². The Morgan fingerprint density at radius 2 is 1.63 bits per heavy atom. The molecule has 0 aromatic heterocycles. The summed E-state index contributed by atoms with van der Waals surface area (Å²) in [6, 6.07) is 2.42. The molecule has 104 valence electrons. The van der Waals surface area contributed by atoms with E-state index in [9.17, 15) is 20.2 Å². The van der Waals surface area contributed by atoms with Crippen LogP contribution in [0.15, 0.2) is 12.1 Å². The smallest absolute Gasteiger partial charge is 0.295 e. The number of ether oxygens (including phenoxy) is 2. The third-order valence-corrected chi connectivity index (χ3v) is 2.41. The fourth-order valence-corrected chi connectivity index (χ4v) is 1.55. The molecule has 1 unspecified atom stereocenters. The third-order valence-electron chi connectivity index (χ3n) is 2.41. The van der Waals surface area contributed by atoms with Gasteiger partial charge in [-0.15, -0.1) is 10.1 Å². The molecule has 0 spiro atoms. The highest BCUT2D eigenvalue weighted by molar-refractivity contribution is 5.55. The van der Waals surface area contributed by atoms with Crippen molar-refractivity contribution < 1.29 is 24.3 Å². The van der Waals surface area contributed by atoms with E-state index in [-0.39, 0.29) is 22.7 Å². The van der Waals surface area contributed by atoms with Gasteiger partial charge in [0.05, 0.1) is 30.8 Å². The number of benzene rings is 1. The number of nitro benzene ring substituents is 1. The Morgan fingerprint density at radius 3 is 2.05 bits per heavy atom. The van der Waals surface area contributed by atoms with Crippen LogP contribution in [0.2, 0.25) is 0 Å². The Labute approximate surface area is 107 Å². The summed E-state index contributed by atoms with van der Waals surface area (Å²) in [5.74, 6) is 0.383. The molecular weight excluding hydrogens is 260 g/mol. The van der Waals surface area contributed by atoms with Crippen molar-refractivity contribution in [3.05, 3.63) is 37.9 Å². The standard InChI is InChI=1S/C10H12N2O7/c1-6(19-12(15)16)7-4-9(17-2)10(18-3)5-8(7)11(13)14/h4-6H,1-3H3. The molecule has 1 aromatic rings. The highest BCUT2D eigenvalue weighted by Gasteiger charge is 2.25. The van der Waals surface area contributed by atoms with E-state index in [0.29, 0.717) is 0 Å². The molecule has 0 bridgehead atoms. The Bertz CT molecular complexity index is 503. The minimum absolute atomic E-state index is 0.0272. The van der Waals surface area contributed by atoms with Crippen molar-refractivity contribution in [2.24, 2.45) is 0 Å². The first kappa shape index (κ1) is 14.5. The maximum Gasteiger partial charge on any atom is 0.295 e. The van der Waals surface area contributed by atoms with Gasteiger partial charge in [0.2, 0.25) is 0 Å². The van der Waals surface area contributed by atoms with Gasteiger partial charge in [-0.05, 0) is 13.0 Å². The molecule has 1 atom stereocenters. The van der Waals surface area contributed by atoms with Crippen molar-refractivity contribution in [3.8, 4) is 11.5 Å². The van der Waals surface area contributed by atoms with Gasteiger partial charge in [0, 0.05) is 0 Å². The largest absolute Gasteiger partial charge is 0.493 e. The van der Waals surface area contributed by atoms with Gasteiger partial charge in [-0.2, -0.15) is 0 Å². The highest BCUT2D eigenvalue weighted by atomic mass is 17.0. The lowest BCUT2D eigenvalue weighted by molar-refractivity contribution is -0.770. The van der Waals surface area contributed by atoms with Gasteiger partial charge in [0.15, 0.2) is 11.5 Å². The summed E-state index contributed by atoms with van der Waals surface area (Å²) < 4.78 is 9.93. The lowest BCUT2D eigenvalue weighted by Gasteiger charge is -2.13. The summed E-state index contributed by atoms with van der Waals surface area (Å²) in [6.45, 7) is 1.33. The van der Waals surface area contributed by atoms with E-state index in [4.69, 9.17) is 9.47 Å². The first-order valence-electron chi connectivity index (χ1n) is 5.12. The summed E-state index contributed by atoms with van der Waals surface area (Å²) in [5.41, 5.74) is -0.314. The monoisotopic (exact) mass is 272 g/mol. The second kappa shape index (κ2) is 5.85. The summed E-state index contributed by atoms with van der Waals surface area (Å²) in [5, 5.41) is 20.3. The molecule has 0 amide bonds. The summed E-state index contributed by atoms with van der Waals surface area (Å²) in [6.07, 6.45) is -1.10. The molecule has 1 aromatic carbocycles. The van der Waals surface area contributed by atoms with Crippen LogP contribution in [0.25, 0.3) is 0 Å². The van der Waals surface area contributed by atoms with Crippen LogP contribution in [-0.2, 0) is 4.84 Å². The van der Waals surface area contributed by atoms with Crippen molar-refractivity contribution in [1.29, 1.82) is 0 Å². The Balaban J connectivity index is 3.34. The van der Waals surface area contributed by atoms with Gasteiger partial charge >= 0.3 is 0 Å². The van der Waals surface area contributed by atoms with Crippen LogP contribution >= 0.6 is 0 Å². The van der Waals surface area contributed by atoms with Gasteiger partial charge in [-0.25, -0.2) is 0 Å². The predicted octanol–water partition coefficient (Wildman–Crippen LogP) is 1.88. The van der Waals surface area contributed by atoms with Crippen LogP contribution in [0, 0.1) is 20.2 Å². The topological polar surface area (TPSA) is 114 Å². The van der Waals surface area contributed by atoms with E-state index in [1.165, 1.54) is 27.2 Å². The maximum atomic E-state index is 11.0. The molecule has 0 aliphatic rings. The number of hydrogen-bond acceptors (Lipinski definition) is 7. The predicted molar refractivity (Wildman–Crippen MR) is 62.7 cm³/mol. The zero-order valence-corrected chi connectivity index (χ0v) is 10.5. The number of rotatable bonds is 6. The first-order chi connectivity index (χ1) is 8.90. The van der Waals surface area contributed by atoms with Gasteiger partial charge < -0.3 is 14.3 Å².